The van der Waals surface area contributed by atoms with Crippen LogP contribution in [0.4, 0.5) is 0 Å². The Kier molecular flexibility index (Phi) is 2.53. The Morgan fingerprint density at radius 1 is 1.25 bits per heavy atom. The van der Waals surface area contributed by atoms with Crippen molar-refractivity contribution in [2.24, 2.45) is 0 Å². The van der Waals surface area contributed by atoms with Crippen LogP contribution in [-0.4, -0.2) is 0 Å². The minimum Gasteiger partial charge on any atom is -0.354 e. The van der Waals surface area contributed by atoms with E-state index in [2.05, 4.69) is 17.6 Å². The molecule has 0 aliphatic heterocycles. The van der Waals surface area contributed by atoms with Gasteiger partial charge in [0.05, 0.1) is 0 Å². The van der Waals surface area contributed by atoms with Gasteiger partial charge >= 0.3 is 0 Å². The molecule has 0 aliphatic carbocycles. The highest BCUT2D eigenvalue weighted by Gasteiger charge is 2.02. The van der Waals surface area contributed by atoms with Crippen LogP contribution >= 0.6 is 0 Å². The zero-order chi connectivity index (χ0) is 8.97. The summed E-state index contributed by atoms with van der Waals surface area (Å²) in [5.41, 5.74) is 6.39. The van der Waals surface area contributed by atoms with Gasteiger partial charge in [0.25, 0.3) is 0 Å². The molecule has 0 atom stereocenters. The lowest BCUT2D eigenvalue weighted by atomic mass is 10.0. The van der Waals surface area contributed by atoms with Crippen LogP contribution in [-0.2, 0) is 6.54 Å². The molecule has 3 N–H and O–H groups in total. The highest BCUT2D eigenvalue weighted by Crippen LogP contribution is 2.11. The van der Waals surface area contributed by atoms with Crippen molar-refractivity contribution in [3.05, 3.63) is 34.9 Å². The van der Waals surface area contributed by atoms with Crippen molar-refractivity contribution in [1.29, 1.82) is 0 Å². The molecule has 0 aromatic heterocycles. The fourth-order valence-electron chi connectivity index (χ4n) is 1.10. The number of terminal acetylenes is 2. The molecule has 1 heteroatoms. The summed E-state index contributed by atoms with van der Waals surface area (Å²) < 4.78 is 0. The summed E-state index contributed by atoms with van der Waals surface area (Å²) in [4.78, 5) is 0. The molecule has 0 aliphatic rings. The van der Waals surface area contributed by atoms with Gasteiger partial charge in [0.2, 0.25) is 0 Å². The Balaban J connectivity index is 3.37. The van der Waals surface area contributed by atoms with Gasteiger partial charge in [-0.25, -0.2) is 0 Å². The van der Waals surface area contributed by atoms with Gasteiger partial charge in [-0.1, -0.05) is 24.0 Å². The van der Waals surface area contributed by atoms with Gasteiger partial charge < -0.3 is 5.73 Å². The van der Waals surface area contributed by atoms with Crippen LogP contribution in [0.2, 0.25) is 0 Å². The summed E-state index contributed by atoms with van der Waals surface area (Å²) in [6.07, 6.45) is 10.6. The van der Waals surface area contributed by atoms with Gasteiger partial charge in [-0.2, -0.15) is 0 Å². The van der Waals surface area contributed by atoms with Crippen LogP contribution in [0.15, 0.2) is 18.2 Å². The summed E-state index contributed by atoms with van der Waals surface area (Å²) in [5.74, 6) is 5.13. The average molecular weight is 156 g/mol. The summed E-state index contributed by atoms with van der Waals surface area (Å²) in [6.45, 7) is 0.676. The average Bonchev–Trinajstić information content (AvgIpc) is 2.16. The Labute approximate surface area is 72.6 Å². The Bertz CT molecular complexity index is 364. The van der Waals surface area contributed by atoms with Crippen LogP contribution in [0.1, 0.15) is 16.7 Å². The first-order chi connectivity index (χ1) is 5.83. The van der Waals surface area contributed by atoms with Crippen LogP contribution in [0.5, 0.6) is 0 Å². The lowest BCUT2D eigenvalue weighted by Crippen LogP contribution is -2.47. The van der Waals surface area contributed by atoms with Gasteiger partial charge in [-0.3, -0.25) is 0 Å². The molecule has 0 amide bonds. The van der Waals surface area contributed by atoms with Crippen molar-refractivity contribution in [2.45, 2.75) is 6.54 Å². The van der Waals surface area contributed by atoms with E-state index in [0.717, 1.165) is 16.7 Å². The third-order valence-electron chi connectivity index (χ3n) is 1.72. The monoisotopic (exact) mass is 156 g/mol. The van der Waals surface area contributed by atoms with Crippen molar-refractivity contribution in [3.8, 4) is 24.7 Å². The minimum atomic E-state index is 0.676. The van der Waals surface area contributed by atoms with Crippen molar-refractivity contribution in [2.75, 3.05) is 0 Å². The zero-order valence-corrected chi connectivity index (χ0v) is 6.80. The molecule has 0 unspecified atom stereocenters. The maximum Gasteiger partial charge on any atom is 0.101 e. The second kappa shape index (κ2) is 3.62. The van der Waals surface area contributed by atoms with E-state index in [-0.39, 0.29) is 0 Å². The maximum absolute atomic E-state index is 5.33. The van der Waals surface area contributed by atoms with Crippen LogP contribution in [0, 0.1) is 24.7 Å². The molecule has 0 radical (unpaired) electrons. The first-order valence-corrected chi connectivity index (χ1v) is 3.67. The van der Waals surface area contributed by atoms with E-state index in [0.29, 0.717) is 6.54 Å². The van der Waals surface area contributed by atoms with Gasteiger partial charge in [-0.15, -0.1) is 12.8 Å². The SMILES string of the molecule is C#Cc1cccc(C[NH3+])c1C#C. The molecule has 1 aromatic rings. The zero-order valence-electron chi connectivity index (χ0n) is 6.80. The van der Waals surface area contributed by atoms with E-state index >= 15 is 0 Å². The quantitative estimate of drug-likeness (QED) is 0.570. The fraction of sp³-hybridized carbons (Fsp3) is 0.0909. The van der Waals surface area contributed by atoms with Crippen molar-refractivity contribution in [1.82, 2.24) is 0 Å². The van der Waals surface area contributed by atoms with Crippen molar-refractivity contribution in [3.63, 3.8) is 0 Å². The number of hydrogen-bond acceptors (Lipinski definition) is 0. The van der Waals surface area contributed by atoms with Crippen LogP contribution in [0.3, 0.4) is 0 Å². The summed E-state index contributed by atoms with van der Waals surface area (Å²) in [5, 5.41) is 0. The smallest absolute Gasteiger partial charge is 0.101 e. The van der Waals surface area contributed by atoms with Crippen LogP contribution < -0.4 is 5.73 Å². The lowest BCUT2D eigenvalue weighted by molar-refractivity contribution is -0.386. The van der Waals surface area contributed by atoms with Crippen molar-refractivity contribution < 1.29 is 5.73 Å². The molecule has 0 fully saturated rings. The predicted octanol–water partition coefficient (Wildman–Crippen LogP) is 0.391. The Morgan fingerprint density at radius 3 is 2.50 bits per heavy atom. The molecule has 0 saturated carbocycles. The minimum absolute atomic E-state index is 0.676. The topological polar surface area (TPSA) is 27.6 Å². The van der Waals surface area contributed by atoms with Crippen LogP contribution in [0.25, 0.3) is 0 Å². The van der Waals surface area contributed by atoms with Crippen molar-refractivity contribution >= 4 is 0 Å². The van der Waals surface area contributed by atoms with E-state index in [1.807, 2.05) is 18.2 Å². The normalized spacial score (nSPS) is 8.58. The fourth-order valence-corrected chi connectivity index (χ4v) is 1.10. The molecule has 12 heavy (non-hydrogen) atoms. The van der Waals surface area contributed by atoms with E-state index < -0.39 is 0 Å². The second-order valence-corrected chi connectivity index (χ2v) is 2.38. The molecular formula is C11H10N+. The standard InChI is InChI=1S/C11H9N/c1-3-9-6-5-7-10(8-12)11(9)4-2/h1-2,5-7H,8,12H2/p+1. The molecule has 0 bridgehead atoms. The Morgan fingerprint density at radius 2 is 2.00 bits per heavy atom. The first kappa shape index (κ1) is 8.40. The molecule has 1 rings (SSSR count). The second-order valence-electron chi connectivity index (χ2n) is 2.38. The molecule has 0 spiro atoms. The molecule has 1 aromatic carbocycles. The number of quaternary nitrogens is 1. The largest absolute Gasteiger partial charge is 0.354 e. The molecule has 0 heterocycles. The van der Waals surface area contributed by atoms with Gasteiger partial charge in [0.1, 0.15) is 6.54 Å². The first-order valence-electron chi connectivity index (χ1n) is 3.67. The van der Waals surface area contributed by atoms with E-state index in [1.54, 1.807) is 0 Å². The summed E-state index contributed by atoms with van der Waals surface area (Å²) in [7, 11) is 0. The van der Waals surface area contributed by atoms with Gasteiger partial charge in [-0.05, 0) is 6.07 Å². The number of rotatable bonds is 1. The van der Waals surface area contributed by atoms with Gasteiger partial charge in [0.15, 0.2) is 0 Å². The summed E-state index contributed by atoms with van der Waals surface area (Å²) >= 11 is 0. The molecular weight excluding hydrogens is 146 g/mol. The highest BCUT2D eigenvalue weighted by molar-refractivity contribution is 5.52. The van der Waals surface area contributed by atoms with Gasteiger partial charge in [0, 0.05) is 16.7 Å². The Hall–Kier alpha value is -1.70. The number of benzene rings is 1. The number of hydrogen-bond donors (Lipinski definition) is 1. The lowest BCUT2D eigenvalue weighted by Gasteiger charge is -2.01. The predicted molar refractivity (Wildman–Crippen MR) is 48.9 cm³/mol. The molecule has 58 valence electrons. The third-order valence-corrected chi connectivity index (χ3v) is 1.72. The highest BCUT2D eigenvalue weighted by atomic mass is 14.5. The molecule has 1 nitrogen and oxygen atoms in total. The van der Waals surface area contributed by atoms with E-state index in [9.17, 15) is 0 Å². The molecule has 0 saturated heterocycles. The summed E-state index contributed by atoms with van der Waals surface area (Å²) in [6, 6.07) is 5.69. The third kappa shape index (κ3) is 1.32. The maximum atomic E-state index is 5.33. The van der Waals surface area contributed by atoms with E-state index in [1.165, 1.54) is 0 Å². The van der Waals surface area contributed by atoms with E-state index in [4.69, 9.17) is 12.8 Å².